The molecule has 1 rings (SSSR count). The number of aliphatic hydroxyl groups excluding tert-OH is 1. The highest BCUT2D eigenvalue weighted by molar-refractivity contribution is 7.89. The van der Waals surface area contributed by atoms with Gasteiger partial charge in [-0.25, -0.2) is 12.7 Å². The summed E-state index contributed by atoms with van der Waals surface area (Å²) in [4.78, 5) is 12.9. The van der Waals surface area contributed by atoms with Crippen LogP contribution >= 0.6 is 11.3 Å². The molecular formula is C12H16N2O4S2. The zero-order valence-electron chi connectivity index (χ0n) is 11.2. The van der Waals surface area contributed by atoms with Crippen LogP contribution in [0, 0.1) is 11.8 Å². The van der Waals surface area contributed by atoms with Gasteiger partial charge in [0.2, 0.25) is 10.0 Å². The number of sulfonamides is 1. The summed E-state index contributed by atoms with van der Waals surface area (Å²) in [5, 5.41) is 11.1. The Hall–Kier alpha value is -1.40. The summed E-state index contributed by atoms with van der Waals surface area (Å²) < 4.78 is 24.1. The first kappa shape index (κ1) is 16.7. The number of hydrogen-bond donors (Lipinski definition) is 2. The first-order valence-corrected chi connectivity index (χ1v) is 8.17. The van der Waals surface area contributed by atoms with Crippen LogP contribution in [0.3, 0.4) is 0 Å². The molecule has 1 aromatic rings. The smallest absolute Gasteiger partial charge is 0.261 e. The number of amides is 1. The van der Waals surface area contributed by atoms with E-state index in [9.17, 15) is 13.2 Å². The fourth-order valence-electron chi connectivity index (χ4n) is 1.22. The monoisotopic (exact) mass is 316 g/mol. The molecule has 1 amide bonds. The minimum atomic E-state index is -3.31. The Labute approximate surface area is 122 Å². The molecule has 110 valence electrons. The Morgan fingerprint density at radius 2 is 2.15 bits per heavy atom. The predicted octanol–water partition coefficient (Wildman–Crippen LogP) is -0.287. The topological polar surface area (TPSA) is 86.7 Å². The SMILES string of the molecule is CN(C)S(=O)(=O)CCNC(=O)c1ccc(C#CCO)s1. The van der Waals surface area contributed by atoms with E-state index in [0.29, 0.717) is 9.75 Å². The van der Waals surface area contributed by atoms with Gasteiger partial charge in [-0.05, 0) is 12.1 Å². The number of carbonyl (C=O) groups is 1. The first-order chi connectivity index (χ1) is 9.36. The van der Waals surface area contributed by atoms with E-state index in [-0.39, 0.29) is 24.8 Å². The summed E-state index contributed by atoms with van der Waals surface area (Å²) in [6.07, 6.45) is 0. The fraction of sp³-hybridized carbons (Fsp3) is 0.417. The standard InChI is InChI=1S/C12H16N2O4S2/c1-14(2)20(17,18)9-7-13-12(16)11-6-5-10(19-11)4-3-8-15/h5-6,15H,7-9H2,1-2H3,(H,13,16). The van der Waals surface area contributed by atoms with Crippen molar-refractivity contribution < 1.29 is 18.3 Å². The van der Waals surface area contributed by atoms with Crippen molar-refractivity contribution in [2.75, 3.05) is 33.0 Å². The van der Waals surface area contributed by atoms with Gasteiger partial charge < -0.3 is 10.4 Å². The molecule has 1 aromatic heterocycles. The fourth-order valence-corrected chi connectivity index (χ4v) is 2.74. The third kappa shape index (κ3) is 4.94. The molecule has 20 heavy (non-hydrogen) atoms. The van der Waals surface area contributed by atoms with Crippen LogP contribution in [0.4, 0.5) is 0 Å². The van der Waals surface area contributed by atoms with Gasteiger partial charge in [0.15, 0.2) is 0 Å². The minimum absolute atomic E-state index is 0.0505. The second-order valence-corrected chi connectivity index (χ2v) is 7.36. The van der Waals surface area contributed by atoms with Crippen LogP contribution in [0.2, 0.25) is 0 Å². The number of carbonyl (C=O) groups excluding carboxylic acids is 1. The summed E-state index contributed by atoms with van der Waals surface area (Å²) in [5.74, 6) is 4.72. The maximum absolute atomic E-state index is 11.8. The van der Waals surface area contributed by atoms with Gasteiger partial charge in [0, 0.05) is 20.6 Å². The van der Waals surface area contributed by atoms with E-state index in [4.69, 9.17) is 5.11 Å². The van der Waals surface area contributed by atoms with Crippen LogP contribution in [-0.2, 0) is 10.0 Å². The lowest BCUT2D eigenvalue weighted by molar-refractivity contribution is 0.0960. The van der Waals surface area contributed by atoms with E-state index < -0.39 is 10.0 Å². The Balaban J connectivity index is 2.54. The van der Waals surface area contributed by atoms with E-state index in [1.54, 1.807) is 12.1 Å². The van der Waals surface area contributed by atoms with Gasteiger partial charge >= 0.3 is 0 Å². The molecule has 0 fully saturated rings. The number of thiophene rings is 1. The normalized spacial score (nSPS) is 11.0. The molecule has 0 aliphatic rings. The molecule has 0 bridgehead atoms. The first-order valence-electron chi connectivity index (χ1n) is 5.75. The maximum atomic E-state index is 11.8. The molecule has 0 aliphatic carbocycles. The summed E-state index contributed by atoms with van der Waals surface area (Å²) in [5.41, 5.74) is 0. The van der Waals surface area contributed by atoms with Crippen LogP contribution in [0.25, 0.3) is 0 Å². The second-order valence-electron chi connectivity index (χ2n) is 3.98. The highest BCUT2D eigenvalue weighted by atomic mass is 32.2. The molecule has 0 aromatic carbocycles. The van der Waals surface area contributed by atoms with E-state index >= 15 is 0 Å². The molecule has 6 nitrogen and oxygen atoms in total. The van der Waals surface area contributed by atoms with Crippen molar-refractivity contribution >= 4 is 27.3 Å². The van der Waals surface area contributed by atoms with Gasteiger partial charge in [-0.2, -0.15) is 0 Å². The van der Waals surface area contributed by atoms with Gasteiger partial charge in [-0.15, -0.1) is 11.3 Å². The summed E-state index contributed by atoms with van der Waals surface area (Å²) >= 11 is 1.19. The lowest BCUT2D eigenvalue weighted by Gasteiger charge is -2.11. The highest BCUT2D eigenvalue weighted by Gasteiger charge is 2.14. The van der Waals surface area contributed by atoms with E-state index in [2.05, 4.69) is 17.2 Å². The summed E-state index contributed by atoms with van der Waals surface area (Å²) in [6, 6.07) is 3.29. The molecule has 1 heterocycles. The highest BCUT2D eigenvalue weighted by Crippen LogP contribution is 2.15. The number of nitrogens with one attached hydrogen (secondary N) is 1. The third-order valence-electron chi connectivity index (χ3n) is 2.32. The van der Waals surface area contributed by atoms with Crippen molar-refractivity contribution in [3.05, 3.63) is 21.9 Å². The quantitative estimate of drug-likeness (QED) is 0.731. The molecule has 0 spiro atoms. The van der Waals surface area contributed by atoms with Crippen LogP contribution in [-0.4, -0.2) is 56.7 Å². The Kier molecular flexibility index (Phi) is 6.16. The molecule has 0 radical (unpaired) electrons. The summed E-state index contributed by atoms with van der Waals surface area (Å²) in [7, 11) is -0.417. The molecule has 0 saturated heterocycles. The van der Waals surface area contributed by atoms with Gasteiger partial charge in [-0.1, -0.05) is 11.8 Å². The van der Waals surface area contributed by atoms with Crippen molar-refractivity contribution in [1.29, 1.82) is 0 Å². The van der Waals surface area contributed by atoms with Crippen LogP contribution in [0.1, 0.15) is 14.5 Å². The summed E-state index contributed by atoms with van der Waals surface area (Å²) in [6.45, 7) is -0.184. The molecule has 2 N–H and O–H groups in total. The van der Waals surface area contributed by atoms with Crippen LogP contribution in [0.5, 0.6) is 0 Å². The second kappa shape index (κ2) is 7.40. The lowest BCUT2D eigenvalue weighted by Crippen LogP contribution is -2.33. The van der Waals surface area contributed by atoms with Crippen molar-refractivity contribution in [3.8, 4) is 11.8 Å². The van der Waals surface area contributed by atoms with Crippen molar-refractivity contribution in [2.24, 2.45) is 0 Å². The number of aliphatic hydroxyl groups is 1. The average molecular weight is 316 g/mol. The van der Waals surface area contributed by atoms with E-state index in [1.165, 1.54) is 25.4 Å². The zero-order valence-corrected chi connectivity index (χ0v) is 12.8. The molecule has 0 saturated carbocycles. The Bertz CT molecular complexity index is 623. The van der Waals surface area contributed by atoms with Gasteiger partial charge in [0.25, 0.3) is 5.91 Å². The van der Waals surface area contributed by atoms with Crippen LogP contribution < -0.4 is 5.32 Å². The molecule has 8 heteroatoms. The maximum Gasteiger partial charge on any atom is 0.261 e. The molecule has 0 unspecified atom stereocenters. The zero-order chi connectivity index (χ0) is 15.2. The molecular weight excluding hydrogens is 300 g/mol. The van der Waals surface area contributed by atoms with Gasteiger partial charge in [0.1, 0.15) is 6.61 Å². The minimum Gasteiger partial charge on any atom is -0.384 e. The Morgan fingerprint density at radius 3 is 2.75 bits per heavy atom. The predicted molar refractivity (Wildman–Crippen MR) is 78.1 cm³/mol. The average Bonchev–Trinajstić information content (AvgIpc) is 2.84. The van der Waals surface area contributed by atoms with Gasteiger partial charge in [0.05, 0.1) is 15.5 Å². The van der Waals surface area contributed by atoms with Crippen molar-refractivity contribution in [2.45, 2.75) is 0 Å². The number of nitrogens with zero attached hydrogens (tertiary/aromatic N) is 1. The third-order valence-corrected chi connectivity index (χ3v) is 5.15. The van der Waals surface area contributed by atoms with Crippen LogP contribution in [0.15, 0.2) is 12.1 Å². The largest absolute Gasteiger partial charge is 0.384 e. The van der Waals surface area contributed by atoms with E-state index in [0.717, 1.165) is 4.31 Å². The van der Waals surface area contributed by atoms with E-state index in [1.807, 2.05) is 0 Å². The molecule has 0 atom stereocenters. The molecule has 0 aliphatic heterocycles. The lowest BCUT2D eigenvalue weighted by atomic mass is 10.4. The number of rotatable bonds is 5. The Morgan fingerprint density at radius 1 is 1.45 bits per heavy atom. The van der Waals surface area contributed by atoms with Gasteiger partial charge in [-0.3, -0.25) is 4.79 Å². The number of hydrogen-bond acceptors (Lipinski definition) is 5. The van der Waals surface area contributed by atoms with Crippen molar-refractivity contribution in [3.63, 3.8) is 0 Å². The van der Waals surface area contributed by atoms with Crippen molar-refractivity contribution in [1.82, 2.24) is 9.62 Å².